The Balaban J connectivity index is 2.17. The molecule has 2 N–H and O–H groups in total. The zero-order chi connectivity index (χ0) is 12.0. The van der Waals surface area contributed by atoms with Gasteiger partial charge in [-0.1, -0.05) is 20.8 Å². The van der Waals surface area contributed by atoms with E-state index in [1.54, 1.807) is 0 Å². The fraction of sp³-hybridized carbons (Fsp3) is 1.00. The molecule has 1 heterocycles. The summed E-state index contributed by atoms with van der Waals surface area (Å²) in [6.07, 6.45) is 2.59. The van der Waals surface area contributed by atoms with Crippen molar-refractivity contribution >= 4 is 0 Å². The van der Waals surface area contributed by atoms with Crippen molar-refractivity contribution in [2.45, 2.75) is 39.7 Å². The molecule has 0 saturated carbocycles. The van der Waals surface area contributed by atoms with Crippen molar-refractivity contribution in [1.82, 2.24) is 15.5 Å². The first-order chi connectivity index (χ1) is 7.54. The van der Waals surface area contributed by atoms with E-state index in [1.807, 2.05) is 0 Å². The highest BCUT2D eigenvalue weighted by Crippen LogP contribution is 2.22. The lowest BCUT2D eigenvalue weighted by Crippen LogP contribution is -2.44. The Kier molecular flexibility index (Phi) is 5.73. The summed E-state index contributed by atoms with van der Waals surface area (Å²) < 4.78 is 0. The van der Waals surface area contributed by atoms with Gasteiger partial charge in [-0.2, -0.15) is 0 Å². The van der Waals surface area contributed by atoms with E-state index in [-0.39, 0.29) is 0 Å². The molecule has 0 radical (unpaired) electrons. The highest BCUT2D eigenvalue weighted by atomic mass is 15.2. The van der Waals surface area contributed by atoms with Gasteiger partial charge < -0.3 is 15.5 Å². The molecule has 1 saturated heterocycles. The Bertz CT molecular complexity index is 180. The lowest BCUT2D eigenvalue weighted by molar-refractivity contribution is 0.214. The van der Waals surface area contributed by atoms with Crippen LogP contribution in [0.3, 0.4) is 0 Å². The van der Waals surface area contributed by atoms with E-state index in [2.05, 4.69) is 43.4 Å². The van der Waals surface area contributed by atoms with Crippen molar-refractivity contribution in [3.63, 3.8) is 0 Å². The van der Waals surface area contributed by atoms with Crippen molar-refractivity contribution in [2.75, 3.05) is 39.8 Å². The summed E-state index contributed by atoms with van der Waals surface area (Å²) >= 11 is 0. The molecule has 1 aliphatic rings. The quantitative estimate of drug-likeness (QED) is 0.741. The van der Waals surface area contributed by atoms with Gasteiger partial charge in [0.2, 0.25) is 0 Å². The molecule has 1 atom stereocenters. The third-order valence-electron chi connectivity index (χ3n) is 3.57. The molecule has 1 rings (SSSR count). The number of hydrogen-bond donors (Lipinski definition) is 2. The predicted molar refractivity (Wildman–Crippen MR) is 70.8 cm³/mol. The van der Waals surface area contributed by atoms with Gasteiger partial charge in [0.25, 0.3) is 0 Å². The summed E-state index contributed by atoms with van der Waals surface area (Å²) in [5, 5.41) is 6.84. The molecular weight excluding hydrogens is 198 g/mol. The minimum atomic E-state index is 0.373. The molecule has 96 valence electrons. The number of nitrogens with one attached hydrogen (secondary N) is 2. The summed E-state index contributed by atoms with van der Waals surface area (Å²) in [6, 6.07) is 0.635. The Hall–Kier alpha value is -0.120. The maximum Gasteiger partial charge on any atom is 0.0113 e. The highest BCUT2D eigenvalue weighted by molar-refractivity contribution is 4.79. The molecule has 1 aliphatic heterocycles. The maximum absolute atomic E-state index is 3.45. The average molecular weight is 227 g/mol. The molecule has 3 heteroatoms. The van der Waals surface area contributed by atoms with Crippen molar-refractivity contribution in [3.05, 3.63) is 0 Å². The number of nitrogens with zero attached hydrogens (tertiary/aromatic N) is 1. The minimum absolute atomic E-state index is 0.373. The fourth-order valence-electron chi connectivity index (χ4n) is 2.46. The fourth-order valence-corrected chi connectivity index (χ4v) is 2.46. The largest absolute Gasteiger partial charge is 0.316 e. The van der Waals surface area contributed by atoms with E-state index < -0.39 is 0 Å². The van der Waals surface area contributed by atoms with Crippen LogP contribution < -0.4 is 10.6 Å². The van der Waals surface area contributed by atoms with Crippen molar-refractivity contribution in [1.29, 1.82) is 0 Å². The van der Waals surface area contributed by atoms with Gasteiger partial charge in [-0.15, -0.1) is 0 Å². The molecule has 0 aliphatic carbocycles. The molecule has 0 amide bonds. The first-order valence-corrected chi connectivity index (χ1v) is 6.64. The molecule has 0 aromatic carbocycles. The normalized spacial score (nSPS) is 21.0. The molecule has 0 aromatic heterocycles. The summed E-state index contributed by atoms with van der Waals surface area (Å²) in [5.74, 6) is 0. The molecule has 3 nitrogen and oxygen atoms in total. The first kappa shape index (κ1) is 13.9. The monoisotopic (exact) mass is 227 g/mol. The predicted octanol–water partition coefficient (Wildman–Crippen LogP) is 1.31. The third-order valence-corrected chi connectivity index (χ3v) is 3.57. The van der Waals surface area contributed by atoms with E-state index in [1.165, 1.54) is 32.5 Å². The van der Waals surface area contributed by atoms with E-state index >= 15 is 0 Å². The average Bonchev–Trinajstić information content (AvgIpc) is 2.24. The van der Waals surface area contributed by atoms with Gasteiger partial charge in [0.1, 0.15) is 0 Å². The second-order valence-corrected chi connectivity index (χ2v) is 5.94. The van der Waals surface area contributed by atoms with Crippen molar-refractivity contribution in [2.24, 2.45) is 5.41 Å². The number of hydrogen-bond acceptors (Lipinski definition) is 3. The van der Waals surface area contributed by atoms with Crippen molar-refractivity contribution in [3.8, 4) is 0 Å². The Morgan fingerprint density at radius 3 is 2.38 bits per heavy atom. The van der Waals surface area contributed by atoms with Crippen LogP contribution in [0.15, 0.2) is 0 Å². The second-order valence-electron chi connectivity index (χ2n) is 5.94. The van der Waals surface area contributed by atoms with Crippen molar-refractivity contribution < 1.29 is 0 Å². The van der Waals surface area contributed by atoms with Crippen LogP contribution in [0.25, 0.3) is 0 Å². The van der Waals surface area contributed by atoms with E-state index in [9.17, 15) is 0 Å². The van der Waals surface area contributed by atoms with Gasteiger partial charge in [-0.05, 0) is 31.8 Å². The van der Waals surface area contributed by atoms with Crippen LogP contribution >= 0.6 is 0 Å². The Morgan fingerprint density at radius 2 is 1.88 bits per heavy atom. The number of rotatable bonds is 5. The van der Waals surface area contributed by atoms with Crippen LogP contribution in [0.4, 0.5) is 0 Å². The lowest BCUT2D eigenvalue weighted by atomic mass is 9.84. The molecule has 1 unspecified atom stereocenters. The van der Waals surface area contributed by atoms with Gasteiger partial charge in [0.05, 0.1) is 0 Å². The molecular formula is C13H29N3. The number of piperazine rings is 1. The summed E-state index contributed by atoms with van der Waals surface area (Å²) in [5.41, 5.74) is 0.373. The van der Waals surface area contributed by atoms with Crippen LogP contribution in [0.2, 0.25) is 0 Å². The molecule has 16 heavy (non-hydrogen) atoms. The van der Waals surface area contributed by atoms with Crippen LogP contribution in [-0.2, 0) is 0 Å². The molecule has 0 aromatic rings. The zero-order valence-electron chi connectivity index (χ0n) is 11.5. The second kappa shape index (κ2) is 6.58. The Morgan fingerprint density at radius 1 is 1.25 bits per heavy atom. The standard InChI is InChI=1S/C13H29N3/c1-13(2,3)12(14-4)6-5-9-16-10-7-15-8-11-16/h12,14-15H,5-11H2,1-4H3. The van der Waals surface area contributed by atoms with Gasteiger partial charge >= 0.3 is 0 Å². The van der Waals surface area contributed by atoms with Gasteiger partial charge in [0, 0.05) is 32.2 Å². The topological polar surface area (TPSA) is 27.3 Å². The molecule has 1 fully saturated rings. The van der Waals surface area contributed by atoms with Crippen LogP contribution in [0.5, 0.6) is 0 Å². The van der Waals surface area contributed by atoms with Gasteiger partial charge in [-0.3, -0.25) is 0 Å². The first-order valence-electron chi connectivity index (χ1n) is 6.64. The van der Waals surface area contributed by atoms with Crippen LogP contribution in [-0.4, -0.2) is 50.7 Å². The Labute approximate surface area is 101 Å². The van der Waals surface area contributed by atoms with E-state index in [0.717, 1.165) is 13.1 Å². The van der Waals surface area contributed by atoms with Gasteiger partial charge in [0.15, 0.2) is 0 Å². The molecule has 0 bridgehead atoms. The molecule has 0 spiro atoms. The summed E-state index contributed by atoms with van der Waals surface area (Å²) in [4.78, 5) is 2.58. The lowest BCUT2D eigenvalue weighted by Gasteiger charge is -2.32. The highest BCUT2D eigenvalue weighted by Gasteiger charge is 2.22. The van der Waals surface area contributed by atoms with Gasteiger partial charge in [-0.25, -0.2) is 0 Å². The summed E-state index contributed by atoms with van der Waals surface area (Å²) in [7, 11) is 2.08. The van der Waals surface area contributed by atoms with E-state index in [4.69, 9.17) is 0 Å². The van der Waals surface area contributed by atoms with E-state index in [0.29, 0.717) is 11.5 Å². The van der Waals surface area contributed by atoms with Crippen LogP contribution in [0.1, 0.15) is 33.6 Å². The minimum Gasteiger partial charge on any atom is -0.316 e. The smallest absolute Gasteiger partial charge is 0.0113 e. The maximum atomic E-state index is 3.45. The SMILES string of the molecule is CNC(CCCN1CCNCC1)C(C)(C)C. The summed E-state index contributed by atoms with van der Waals surface area (Å²) in [6.45, 7) is 13.0. The third kappa shape index (κ3) is 4.81. The zero-order valence-corrected chi connectivity index (χ0v) is 11.5. The van der Waals surface area contributed by atoms with Crippen LogP contribution in [0, 0.1) is 5.41 Å².